The number of rotatable bonds is 8. The maximum absolute atomic E-state index is 12.7. The van der Waals surface area contributed by atoms with Gasteiger partial charge >= 0.3 is 0 Å². The summed E-state index contributed by atoms with van der Waals surface area (Å²) in [4.78, 5) is 40.6. The first-order valence-electron chi connectivity index (χ1n) is 9.42. The van der Waals surface area contributed by atoms with Crippen LogP contribution in [0.4, 0.5) is 11.4 Å². The number of nitrogens with one attached hydrogen (secondary N) is 1. The monoisotopic (exact) mass is 449 g/mol. The van der Waals surface area contributed by atoms with E-state index >= 15 is 0 Å². The van der Waals surface area contributed by atoms with E-state index in [0.717, 1.165) is 10.5 Å². The molecule has 6 nitrogen and oxygen atoms in total. The molecule has 0 aromatic heterocycles. The van der Waals surface area contributed by atoms with E-state index in [0.29, 0.717) is 24.4 Å². The van der Waals surface area contributed by atoms with Crippen LogP contribution in [0.1, 0.15) is 27.2 Å². The lowest BCUT2D eigenvalue weighted by molar-refractivity contribution is -0.130. The summed E-state index contributed by atoms with van der Waals surface area (Å²) in [7, 11) is 0. The Morgan fingerprint density at radius 1 is 1.20 bits per heavy atom. The number of carbonyl (C=O) groups is 3. The van der Waals surface area contributed by atoms with Crippen molar-refractivity contribution in [3.05, 3.63) is 58.6 Å². The molecular formula is C22H25Cl2N3O3. The summed E-state index contributed by atoms with van der Waals surface area (Å²) in [5, 5.41) is 3.49. The second-order valence-corrected chi connectivity index (χ2v) is 7.97. The molecule has 30 heavy (non-hydrogen) atoms. The number of allylic oxidation sites excluding steroid dienone is 1. The van der Waals surface area contributed by atoms with Gasteiger partial charge in [0.2, 0.25) is 11.8 Å². The minimum atomic E-state index is -0.630. The standard InChI is InChI=1S/C22H25Cl2N3O3/c1-6-8-26(9-7-2)21(29)14(5)25-18-12-19(17(24)11-16(18)23)27-20(28)10-15(13(3)4)22(27)30/h6-7,11-12,14,25H,1-2,8-10H2,3-5H3. The molecule has 0 aliphatic carbocycles. The zero-order valence-corrected chi connectivity index (χ0v) is 18.8. The van der Waals surface area contributed by atoms with Crippen LogP contribution in [0.25, 0.3) is 0 Å². The van der Waals surface area contributed by atoms with Gasteiger partial charge in [-0.2, -0.15) is 0 Å². The third-order valence-corrected chi connectivity index (χ3v) is 5.29. The van der Waals surface area contributed by atoms with Crippen molar-refractivity contribution < 1.29 is 14.4 Å². The van der Waals surface area contributed by atoms with Gasteiger partial charge in [0.15, 0.2) is 0 Å². The third-order valence-electron chi connectivity index (χ3n) is 4.67. The molecular weight excluding hydrogens is 425 g/mol. The number of carbonyl (C=O) groups excluding carboxylic acids is 3. The van der Waals surface area contributed by atoms with E-state index in [4.69, 9.17) is 23.2 Å². The average Bonchev–Trinajstić information content (AvgIpc) is 2.97. The van der Waals surface area contributed by atoms with Crippen LogP contribution in [0.5, 0.6) is 0 Å². The maximum atomic E-state index is 12.7. The molecule has 1 aliphatic rings. The second kappa shape index (κ2) is 9.96. The summed E-state index contributed by atoms with van der Waals surface area (Å²) >= 11 is 12.6. The van der Waals surface area contributed by atoms with E-state index in [1.165, 1.54) is 12.1 Å². The van der Waals surface area contributed by atoms with Crippen LogP contribution in [0, 0.1) is 0 Å². The highest BCUT2D eigenvalue weighted by Gasteiger charge is 2.37. The van der Waals surface area contributed by atoms with E-state index in [9.17, 15) is 14.4 Å². The van der Waals surface area contributed by atoms with Crippen molar-refractivity contribution in [2.24, 2.45) is 0 Å². The van der Waals surface area contributed by atoms with E-state index in [1.807, 2.05) is 0 Å². The van der Waals surface area contributed by atoms with Gasteiger partial charge in [-0.3, -0.25) is 14.4 Å². The minimum absolute atomic E-state index is 0.0236. The van der Waals surface area contributed by atoms with Crippen LogP contribution in [-0.2, 0) is 14.4 Å². The van der Waals surface area contributed by atoms with E-state index < -0.39 is 11.9 Å². The zero-order valence-electron chi connectivity index (χ0n) is 17.3. The molecule has 1 atom stereocenters. The lowest BCUT2D eigenvalue weighted by atomic mass is 10.1. The predicted octanol–water partition coefficient (Wildman–Crippen LogP) is 4.59. The average molecular weight is 450 g/mol. The molecule has 1 aliphatic heterocycles. The Morgan fingerprint density at radius 2 is 1.80 bits per heavy atom. The van der Waals surface area contributed by atoms with Gasteiger partial charge in [0, 0.05) is 18.7 Å². The minimum Gasteiger partial charge on any atom is -0.373 e. The van der Waals surface area contributed by atoms with Crippen molar-refractivity contribution in [3.63, 3.8) is 0 Å². The van der Waals surface area contributed by atoms with Crippen LogP contribution in [0.2, 0.25) is 10.0 Å². The van der Waals surface area contributed by atoms with Gasteiger partial charge in [-0.1, -0.05) is 40.9 Å². The largest absolute Gasteiger partial charge is 0.373 e. The molecule has 160 valence electrons. The molecule has 0 bridgehead atoms. The molecule has 0 saturated carbocycles. The highest BCUT2D eigenvalue weighted by Crippen LogP contribution is 2.38. The Morgan fingerprint density at radius 3 is 2.30 bits per heavy atom. The molecule has 1 aromatic rings. The summed E-state index contributed by atoms with van der Waals surface area (Å²) in [5.41, 5.74) is 1.85. The summed E-state index contributed by atoms with van der Waals surface area (Å²) in [6, 6.07) is 2.34. The molecule has 1 heterocycles. The number of hydrogen-bond acceptors (Lipinski definition) is 4. The lowest BCUT2D eigenvalue weighted by Gasteiger charge is -2.25. The van der Waals surface area contributed by atoms with Crippen LogP contribution >= 0.6 is 23.2 Å². The molecule has 1 unspecified atom stereocenters. The molecule has 1 aromatic carbocycles. The summed E-state index contributed by atoms with van der Waals surface area (Å²) in [6.07, 6.45) is 3.29. The highest BCUT2D eigenvalue weighted by molar-refractivity contribution is 6.40. The van der Waals surface area contributed by atoms with Crippen LogP contribution in [-0.4, -0.2) is 41.8 Å². The van der Waals surface area contributed by atoms with E-state index in [2.05, 4.69) is 18.5 Å². The van der Waals surface area contributed by atoms with Crippen molar-refractivity contribution in [1.82, 2.24) is 4.90 Å². The van der Waals surface area contributed by atoms with Gasteiger partial charge in [0.25, 0.3) is 5.91 Å². The molecule has 1 fully saturated rings. The number of imide groups is 1. The van der Waals surface area contributed by atoms with Crippen molar-refractivity contribution in [2.75, 3.05) is 23.3 Å². The summed E-state index contributed by atoms with van der Waals surface area (Å²) in [5.74, 6) is -0.941. The fourth-order valence-electron chi connectivity index (χ4n) is 3.14. The lowest BCUT2D eigenvalue weighted by Crippen LogP contribution is -2.41. The summed E-state index contributed by atoms with van der Waals surface area (Å²) < 4.78 is 0. The number of nitrogens with zero attached hydrogens (tertiary/aromatic N) is 2. The van der Waals surface area contributed by atoms with Gasteiger partial charge in [-0.05, 0) is 32.9 Å². The van der Waals surface area contributed by atoms with Crippen molar-refractivity contribution >= 4 is 52.3 Å². The number of halogens is 2. The van der Waals surface area contributed by atoms with Gasteiger partial charge in [0.1, 0.15) is 6.04 Å². The molecule has 0 radical (unpaired) electrons. The smallest absolute Gasteiger partial charge is 0.261 e. The Labute approximate surface area is 186 Å². The normalized spacial score (nSPS) is 14.6. The van der Waals surface area contributed by atoms with Crippen LogP contribution in [0.15, 0.2) is 48.6 Å². The van der Waals surface area contributed by atoms with Gasteiger partial charge in [0.05, 0.1) is 27.8 Å². The Balaban J connectivity index is 2.35. The number of hydrogen-bond donors (Lipinski definition) is 1. The number of amides is 3. The van der Waals surface area contributed by atoms with Crippen molar-refractivity contribution in [1.29, 1.82) is 0 Å². The van der Waals surface area contributed by atoms with Crippen LogP contribution < -0.4 is 10.2 Å². The van der Waals surface area contributed by atoms with Gasteiger partial charge in [-0.15, -0.1) is 13.2 Å². The second-order valence-electron chi connectivity index (χ2n) is 7.16. The molecule has 2 rings (SSSR count). The molecule has 8 heteroatoms. The van der Waals surface area contributed by atoms with Gasteiger partial charge in [-0.25, -0.2) is 4.90 Å². The molecule has 1 N–H and O–H groups in total. The molecule has 3 amide bonds. The van der Waals surface area contributed by atoms with E-state index in [-0.39, 0.29) is 34.0 Å². The fourth-order valence-corrected chi connectivity index (χ4v) is 3.67. The first kappa shape index (κ1) is 23.7. The van der Waals surface area contributed by atoms with Gasteiger partial charge < -0.3 is 10.2 Å². The Bertz CT molecular complexity index is 926. The quantitative estimate of drug-likeness (QED) is 0.357. The first-order valence-corrected chi connectivity index (χ1v) is 10.2. The van der Waals surface area contributed by atoms with Crippen LogP contribution in [0.3, 0.4) is 0 Å². The van der Waals surface area contributed by atoms with E-state index in [1.54, 1.807) is 37.8 Å². The van der Waals surface area contributed by atoms with Crippen molar-refractivity contribution in [3.8, 4) is 0 Å². The SMILES string of the molecule is C=CCN(CC=C)C(=O)C(C)Nc1cc(N2C(=O)CC(=C(C)C)C2=O)c(Cl)cc1Cl. The predicted molar refractivity (Wildman–Crippen MR) is 122 cm³/mol. The number of benzene rings is 1. The molecule has 1 saturated heterocycles. The number of anilines is 2. The maximum Gasteiger partial charge on any atom is 0.261 e. The highest BCUT2D eigenvalue weighted by atomic mass is 35.5. The first-order chi connectivity index (χ1) is 14.1. The third kappa shape index (κ3) is 4.94. The Kier molecular flexibility index (Phi) is 7.87. The zero-order chi connectivity index (χ0) is 22.6. The topological polar surface area (TPSA) is 69.7 Å². The fraction of sp³-hybridized carbons (Fsp3) is 0.318. The summed E-state index contributed by atoms with van der Waals surface area (Å²) in [6.45, 7) is 13.3. The molecule has 0 spiro atoms. The van der Waals surface area contributed by atoms with Crippen molar-refractivity contribution in [2.45, 2.75) is 33.2 Å². The Hall–Kier alpha value is -2.57.